The van der Waals surface area contributed by atoms with Crippen molar-refractivity contribution in [2.24, 2.45) is 0 Å². The minimum atomic E-state index is -0.415. The number of benzene rings is 3. The molecular formula is C25H21FN8S. The predicted octanol–water partition coefficient (Wildman–Crippen LogP) is 5.18. The largest absolute Gasteiger partial charge is 0.368 e. The van der Waals surface area contributed by atoms with E-state index in [9.17, 15) is 4.39 Å². The van der Waals surface area contributed by atoms with Gasteiger partial charge in [0.25, 0.3) is 0 Å². The van der Waals surface area contributed by atoms with Crippen molar-refractivity contribution in [2.75, 3.05) is 11.1 Å². The van der Waals surface area contributed by atoms with Gasteiger partial charge in [0, 0.05) is 11.3 Å². The molecule has 174 valence electrons. The summed E-state index contributed by atoms with van der Waals surface area (Å²) in [6, 6.07) is 24.3. The Morgan fingerprint density at radius 2 is 1.63 bits per heavy atom. The van der Waals surface area contributed by atoms with Gasteiger partial charge in [-0.2, -0.15) is 15.0 Å². The van der Waals surface area contributed by atoms with Gasteiger partial charge in [-0.1, -0.05) is 71.9 Å². The van der Waals surface area contributed by atoms with E-state index in [0.29, 0.717) is 16.7 Å². The molecule has 0 radical (unpaired) electrons. The Morgan fingerprint density at radius 3 is 2.40 bits per heavy atom. The number of aryl methyl sites for hydroxylation is 1. The number of hydrogen-bond donors (Lipinski definition) is 2. The number of halogens is 1. The van der Waals surface area contributed by atoms with E-state index in [1.807, 2.05) is 66.1 Å². The lowest BCUT2D eigenvalue weighted by Gasteiger charge is -2.11. The molecule has 0 bridgehead atoms. The van der Waals surface area contributed by atoms with Crippen LogP contribution in [-0.2, 0) is 5.75 Å². The molecule has 0 fully saturated rings. The van der Waals surface area contributed by atoms with E-state index in [-0.39, 0.29) is 17.6 Å². The van der Waals surface area contributed by atoms with E-state index in [0.717, 1.165) is 17.1 Å². The third-order valence-corrected chi connectivity index (χ3v) is 6.03. The van der Waals surface area contributed by atoms with Crippen molar-refractivity contribution in [1.82, 2.24) is 29.7 Å². The smallest absolute Gasteiger partial charge is 0.232 e. The SMILES string of the molecule is Cc1ccc(-c2nnc(SCc3nc(N)nc(Nc4ccccc4F)n3)n2-c2ccccc2)cc1. The van der Waals surface area contributed by atoms with Crippen LogP contribution in [0.1, 0.15) is 11.4 Å². The molecular weight excluding hydrogens is 463 g/mol. The number of anilines is 3. The van der Waals surface area contributed by atoms with E-state index < -0.39 is 5.82 Å². The van der Waals surface area contributed by atoms with Crippen LogP contribution < -0.4 is 11.1 Å². The summed E-state index contributed by atoms with van der Waals surface area (Å²) in [5, 5.41) is 12.4. The molecule has 0 saturated carbocycles. The fraction of sp³-hybridized carbons (Fsp3) is 0.0800. The molecule has 10 heteroatoms. The minimum Gasteiger partial charge on any atom is -0.368 e. The van der Waals surface area contributed by atoms with Gasteiger partial charge in [-0.15, -0.1) is 10.2 Å². The van der Waals surface area contributed by atoms with Crippen LogP contribution in [0.2, 0.25) is 0 Å². The summed E-state index contributed by atoms with van der Waals surface area (Å²) in [6.07, 6.45) is 0. The first-order chi connectivity index (χ1) is 17.1. The van der Waals surface area contributed by atoms with E-state index >= 15 is 0 Å². The standard InChI is InChI=1S/C25H21FN8S/c1-16-11-13-17(14-12-16)22-32-33-25(34(22)18-7-3-2-4-8-18)35-15-21-29-23(27)31-24(30-21)28-20-10-6-5-9-19(20)26/h2-14H,15H2,1H3,(H3,27,28,29,30,31). The maximum absolute atomic E-state index is 14.0. The van der Waals surface area contributed by atoms with Gasteiger partial charge in [-0.3, -0.25) is 4.57 Å². The highest BCUT2D eigenvalue weighted by Gasteiger charge is 2.17. The average molecular weight is 485 g/mol. The van der Waals surface area contributed by atoms with Gasteiger partial charge in [-0.25, -0.2) is 4.39 Å². The number of nitrogens with one attached hydrogen (secondary N) is 1. The number of rotatable bonds is 7. The number of nitrogen functional groups attached to an aromatic ring is 1. The van der Waals surface area contributed by atoms with Crippen LogP contribution in [0, 0.1) is 12.7 Å². The van der Waals surface area contributed by atoms with Crippen molar-refractivity contribution in [2.45, 2.75) is 17.8 Å². The van der Waals surface area contributed by atoms with E-state index in [1.54, 1.807) is 18.2 Å². The van der Waals surface area contributed by atoms with E-state index in [4.69, 9.17) is 5.73 Å². The van der Waals surface area contributed by atoms with Crippen LogP contribution >= 0.6 is 11.8 Å². The third-order valence-electron chi connectivity index (χ3n) is 5.11. The second-order valence-corrected chi connectivity index (χ2v) is 8.61. The summed E-state index contributed by atoms with van der Waals surface area (Å²) in [5.41, 5.74) is 9.21. The molecule has 5 rings (SSSR count). The lowest BCUT2D eigenvalue weighted by atomic mass is 10.1. The number of aromatic nitrogens is 6. The molecule has 0 unspecified atom stereocenters. The fourth-order valence-electron chi connectivity index (χ4n) is 3.43. The molecule has 0 spiro atoms. The number of thioether (sulfide) groups is 1. The van der Waals surface area contributed by atoms with E-state index in [2.05, 4.69) is 30.5 Å². The van der Waals surface area contributed by atoms with Gasteiger partial charge in [0.1, 0.15) is 11.6 Å². The van der Waals surface area contributed by atoms with Crippen LogP contribution in [0.15, 0.2) is 84.0 Å². The average Bonchev–Trinajstić information content (AvgIpc) is 3.29. The number of para-hydroxylation sites is 2. The Morgan fingerprint density at radius 1 is 0.886 bits per heavy atom. The predicted molar refractivity (Wildman–Crippen MR) is 135 cm³/mol. The van der Waals surface area contributed by atoms with Crippen molar-refractivity contribution in [1.29, 1.82) is 0 Å². The molecule has 0 saturated heterocycles. The summed E-state index contributed by atoms with van der Waals surface area (Å²) in [7, 11) is 0. The first-order valence-electron chi connectivity index (χ1n) is 10.8. The van der Waals surface area contributed by atoms with Crippen LogP contribution in [0.4, 0.5) is 22.0 Å². The van der Waals surface area contributed by atoms with Crippen LogP contribution in [0.3, 0.4) is 0 Å². The highest BCUT2D eigenvalue weighted by molar-refractivity contribution is 7.98. The maximum Gasteiger partial charge on any atom is 0.232 e. The van der Waals surface area contributed by atoms with Crippen molar-refractivity contribution < 1.29 is 4.39 Å². The molecule has 3 N–H and O–H groups in total. The number of hydrogen-bond acceptors (Lipinski definition) is 8. The molecule has 35 heavy (non-hydrogen) atoms. The molecule has 0 amide bonds. The van der Waals surface area contributed by atoms with Crippen molar-refractivity contribution >= 4 is 29.3 Å². The van der Waals surface area contributed by atoms with Crippen LogP contribution in [0.5, 0.6) is 0 Å². The normalized spacial score (nSPS) is 10.9. The molecule has 0 aliphatic heterocycles. The van der Waals surface area contributed by atoms with Gasteiger partial charge < -0.3 is 11.1 Å². The lowest BCUT2D eigenvalue weighted by molar-refractivity contribution is 0.631. The summed E-state index contributed by atoms with van der Waals surface area (Å²) in [5.74, 6) is 1.32. The second kappa shape index (κ2) is 9.90. The highest BCUT2D eigenvalue weighted by atomic mass is 32.2. The molecule has 0 aliphatic rings. The monoisotopic (exact) mass is 484 g/mol. The molecule has 8 nitrogen and oxygen atoms in total. The minimum absolute atomic E-state index is 0.0410. The summed E-state index contributed by atoms with van der Waals surface area (Å²) < 4.78 is 16.0. The zero-order chi connectivity index (χ0) is 24.2. The quantitative estimate of drug-likeness (QED) is 0.304. The number of nitrogens with zero attached hydrogens (tertiary/aromatic N) is 6. The zero-order valence-electron chi connectivity index (χ0n) is 18.8. The maximum atomic E-state index is 14.0. The highest BCUT2D eigenvalue weighted by Crippen LogP contribution is 2.29. The van der Waals surface area contributed by atoms with Gasteiger partial charge in [0.15, 0.2) is 11.0 Å². The topological polar surface area (TPSA) is 107 Å². The lowest BCUT2D eigenvalue weighted by Crippen LogP contribution is -2.07. The Kier molecular flexibility index (Phi) is 6.36. The molecule has 0 atom stereocenters. The third kappa shape index (κ3) is 5.12. The summed E-state index contributed by atoms with van der Waals surface area (Å²) in [6.45, 7) is 2.04. The molecule has 0 aliphatic carbocycles. The van der Waals surface area contributed by atoms with Crippen molar-refractivity contribution in [3.05, 3.63) is 96.1 Å². The van der Waals surface area contributed by atoms with Gasteiger partial charge >= 0.3 is 0 Å². The van der Waals surface area contributed by atoms with Crippen molar-refractivity contribution in [3.8, 4) is 17.1 Å². The van der Waals surface area contributed by atoms with Gasteiger partial charge in [-0.05, 0) is 31.2 Å². The fourth-order valence-corrected chi connectivity index (χ4v) is 4.24. The summed E-state index contributed by atoms with van der Waals surface area (Å²) >= 11 is 1.42. The Labute approximate surface area is 205 Å². The van der Waals surface area contributed by atoms with Gasteiger partial charge in [0.2, 0.25) is 11.9 Å². The molecule has 2 aromatic heterocycles. The molecule has 5 aromatic rings. The van der Waals surface area contributed by atoms with Crippen LogP contribution in [-0.4, -0.2) is 29.7 Å². The molecule has 3 aromatic carbocycles. The summed E-state index contributed by atoms with van der Waals surface area (Å²) in [4.78, 5) is 12.7. The van der Waals surface area contributed by atoms with Gasteiger partial charge in [0.05, 0.1) is 11.4 Å². The number of nitrogens with two attached hydrogens (primary N) is 1. The zero-order valence-corrected chi connectivity index (χ0v) is 19.6. The molecule has 2 heterocycles. The first kappa shape index (κ1) is 22.5. The second-order valence-electron chi connectivity index (χ2n) is 7.67. The van der Waals surface area contributed by atoms with Crippen LogP contribution in [0.25, 0.3) is 17.1 Å². The van der Waals surface area contributed by atoms with E-state index in [1.165, 1.54) is 23.4 Å². The van der Waals surface area contributed by atoms with Crippen molar-refractivity contribution in [3.63, 3.8) is 0 Å². The Bertz CT molecular complexity index is 1450. The Balaban J connectivity index is 1.43. The Hall–Kier alpha value is -4.31. The first-order valence-corrected chi connectivity index (χ1v) is 11.8.